The van der Waals surface area contributed by atoms with E-state index in [1.165, 1.54) is 17.3 Å². The minimum absolute atomic E-state index is 0.162. The molecule has 8 nitrogen and oxygen atoms in total. The fourth-order valence-electron chi connectivity index (χ4n) is 1.89. The van der Waals surface area contributed by atoms with Crippen LogP contribution in [-0.2, 0) is 0 Å². The zero-order valence-corrected chi connectivity index (χ0v) is 11.2. The standard InChI is InChI=1S/C10H13ClN8/c1-17-2-4-18(5-3-17)9-14-8(11)15-10(16-9)19-7-12-6-13-19/h6-7H,2-5H2,1H3. The smallest absolute Gasteiger partial charge is 0.258 e. The van der Waals surface area contributed by atoms with E-state index in [0.29, 0.717) is 11.9 Å². The molecule has 3 heterocycles. The van der Waals surface area contributed by atoms with Crippen molar-refractivity contribution in [1.82, 2.24) is 34.6 Å². The van der Waals surface area contributed by atoms with E-state index >= 15 is 0 Å². The molecule has 2 aromatic heterocycles. The van der Waals surface area contributed by atoms with Crippen molar-refractivity contribution >= 4 is 17.5 Å². The van der Waals surface area contributed by atoms with E-state index in [1.54, 1.807) is 0 Å². The molecule has 0 bridgehead atoms. The number of anilines is 1. The summed E-state index contributed by atoms with van der Waals surface area (Å²) in [7, 11) is 2.10. The monoisotopic (exact) mass is 280 g/mol. The molecule has 19 heavy (non-hydrogen) atoms. The molecule has 1 aliphatic heterocycles. The average Bonchev–Trinajstić information content (AvgIpc) is 2.93. The van der Waals surface area contributed by atoms with Crippen LogP contribution in [0.3, 0.4) is 0 Å². The van der Waals surface area contributed by atoms with Gasteiger partial charge in [-0.3, -0.25) is 0 Å². The third kappa shape index (κ3) is 2.64. The number of piperazine rings is 1. The van der Waals surface area contributed by atoms with Gasteiger partial charge in [-0.1, -0.05) is 0 Å². The van der Waals surface area contributed by atoms with Crippen LogP contribution < -0.4 is 4.90 Å². The lowest BCUT2D eigenvalue weighted by molar-refractivity contribution is 0.311. The van der Waals surface area contributed by atoms with Crippen LogP contribution in [0.1, 0.15) is 0 Å². The molecule has 0 atom stereocenters. The summed E-state index contributed by atoms with van der Waals surface area (Å²) in [6, 6.07) is 0. The zero-order chi connectivity index (χ0) is 13.2. The second-order valence-corrected chi connectivity index (χ2v) is 4.67. The molecule has 2 aromatic rings. The van der Waals surface area contributed by atoms with Crippen LogP contribution in [0, 0.1) is 0 Å². The highest BCUT2D eigenvalue weighted by Gasteiger charge is 2.18. The third-order valence-corrected chi connectivity index (χ3v) is 3.16. The highest BCUT2D eigenvalue weighted by atomic mass is 35.5. The number of nitrogens with zero attached hydrogens (tertiary/aromatic N) is 8. The van der Waals surface area contributed by atoms with E-state index in [0.717, 1.165) is 26.2 Å². The van der Waals surface area contributed by atoms with Crippen LogP contribution >= 0.6 is 11.6 Å². The maximum absolute atomic E-state index is 5.95. The van der Waals surface area contributed by atoms with E-state index in [1.807, 2.05) is 0 Å². The quantitative estimate of drug-likeness (QED) is 0.758. The molecule has 3 rings (SSSR count). The highest BCUT2D eigenvalue weighted by molar-refractivity contribution is 6.28. The Morgan fingerprint density at radius 1 is 1.05 bits per heavy atom. The van der Waals surface area contributed by atoms with Gasteiger partial charge in [0, 0.05) is 26.2 Å². The Kier molecular flexibility index (Phi) is 3.26. The first-order chi connectivity index (χ1) is 9.22. The largest absolute Gasteiger partial charge is 0.338 e. The van der Waals surface area contributed by atoms with Gasteiger partial charge < -0.3 is 9.80 Å². The molecule has 0 amide bonds. The predicted molar refractivity (Wildman–Crippen MR) is 69.5 cm³/mol. The zero-order valence-electron chi connectivity index (χ0n) is 10.4. The molecule has 1 fully saturated rings. The van der Waals surface area contributed by atoms with Crippen LogP contribution in [0.25, 0.3) is 5.95 Å². The molecule has 9 heteroatoms. The number of hydrogen-bond acceptors (Lipinski definition) is 7. The van der Waals surface area contributed by atoms with Crippen molar-refractivity contribution in [2.24, 2.45) is 0 Å². The molecule has 0 N–H and O–H groups in total. The van der Waals surface area contributed by atoms with Crippen molar-refractivity contribution < 1.29 is 0 Å². The molecule has 0 radical (unpaired) electrons. The number of rotatable bonds is 2. The summed E-state index contributed by atoms with van der Waals surface area (Å²) < 4.78 is 1.47. The Balaban J connectivity index is 1.90. The van der Waals surface area contributed by atoms with Gasteiger partial charge in [0.05, 0.1) is 0 Å². The summed E-state index contributed by atoms with van der Waals surface area (Å²) in [6.07, 6.45) is 2.95. The first-order valence-electron chi connectivity index (χ1n) is 5.92. The van der Waals surface area contributed by atoms with E-state index in [2.05, 4.69) is 41.9 Å². The number of hydrogen-bond donors (Lipinski definition) is 0. The van der Waals surface area contributed by atoms with E-state index in [9.17, 15) is 0 Å². The Bertz CT molecular complexity index is 549. The van der Waals surface area contributed by atoms with Gasteiger partial charge in [-0.15, -0.1) is 0 Å². The second kappa shape index (κ2) is 5.06. The first-order valence-corrected chi connectivity index (χ1v) is 6.30. The number of halogens is 1. The lowest BCUT2D eigenvalue weighted by Crippen LogP contribution is -2.45. The van der Waals surface area contributed by atoms with Gasteiger partial charge in [0.2, 0.25) is 11.2 Å². The fraction of sp³-hybridized carbons (Fsp3) is 0.500. The Morgan fingerprint density at radius 3 is 2.47 bits per heavy atom. The van der Waals surface area contributed by atoms with Crippen LogP contribution in [0.5, 0.6) is 0 Å². The minimum Gasteiger partial charge on any atom is -0.338 e. The molecule has 100 valence electrons. The van der Waals surface area contributed by atoms with Crippen LogP contribution in [0.15, 0.2) is 12.7 Å². The predicted octanol–water partition coefficient (Wildman–Crippen LogP) is -0.143. The molecule has 0 spiro atoms. The Labute approximate surface area is 115 Å². The summed E-state index contributed by atoms with van der Waals surface area (Å²) in [5.41, 5.74) is 0. The van der Waals surface area contributed by atoms with Gasteiger partial charge >= 0.3 is 0 Å². The fourth-order valence-corrected chi connectivity index (χ4v) is 2.04. The van der Waals surface area contributed by atoms with Gasteiger partial charge in [0.25, 0.3) is 5.95 Å². The lowest BCUT2D eigenvalue weighted by Gasteiger charge is -2.32. The molecule has 1 aliphatic rings. The summed E-state index contributed by atoms with van der Waals surface area (Å²) in [6.45, 7) is 3.69. The maximum Gasteiger partial charge on any atom is 0.258 e. The molecular formula is C10H13ClN8. The average molecular weight is 281 g/mol. The molecule has 0 saturated carbocycles. The van der Waals surface area contributed by atoms with Gasteiger partial charge in [-0.2, -0.15) is 24.7 Å². The summed E-state index contributed by atoms with van der Waals surface area (Å²) in [5, 5.41) is 4.15. The topological polar surface area (TPSA) is 75.9 Å². The molecule has 0 aromatic carbocycles. The first kappa shape index (κ1) is 12.2. The SMILES string of the molecule is CN1CCN(c2nc(Cl)nc(-n3cncn3)n2)CC1. The van der Waals surface area contributed by atoms with Gasteiger partial charge in [0.1, 0.15) is 12.7 Å². The van der Waals surface area contributed by atoms with Crippen LogP contribution in [0.2, 0.25) is 5.28 Å². The molecular weight excluding hydrogens is 268 g/mol. The summed E-state index contributed by atoms with van der Waals surface area (Å²) in [5.74, 6) is 0.963. The van der Waals surface area contributed by atoms with Crippen molar-refractivity contribution in [2.75, 3.05) is 38.1 Å². The van der Waals surface area contributed by atoms with Crippen molar-refractivity contribution in [2.45, 2.75) is 0 Å². The molecule has 0 unspecified atom stereocenters. The van der Waals surface area contributed by atoms with E-state index in [4.69, 9.17) is 11.6 Å². The van der Waals surface area contributed by atoms with Gasteiger partial charge in [-0.05, 0) is 18.6 Å². The normalized spacial score (nSPS) is 16.8. The van der Waals surface area contributed by atoms with E-state index in [-0.39, 0.29) is 5.28 Å². The van der Waals surface area contributed by atoms with Gasteiger partial charge in [-0.25, -0.2) is 4.98 Å². The summed E-state index contributed by atoms with van der Waals surface area (Å²) in [4.78, 5) is 20.8. The summed E-state index contributed by atoms with van der Waals surface area (Å²) >= 11 is 5.95. The van der Waals surface area contributed by atoms with Crippen LogP contribution in [0.4, 0.5) is 5.95 Å². The van der Waals surface area contributed by atoms with Crippen LogP contribution in [-0.4, -0.2) is 67.8 Å². The minimum atomic E-state index is 0.162. The van der Waals surface area contributed by atoms with Crippen molar-refractivity contribution in [3.8, 4) is 5.95 Å². The van der Waals surface area contributed by atoms with Crippen molar-refractivity contribution in [3.05, 3.63) is 17.9 Å². The maximum atomic E-state index is 5.95. The molecule has 0 aliphatic carbocycles. The second-order valence-electron chi connectivity index (χ2n) is 4.33. The Hall–Kier alpha value is -1.80. The number of likely N-dealkylation sites (N-methyl/N-ethyl adjacent to an activating group) is 1. The van der Waals surface area contributed by atoms with Crippen molar-refractivity contribution in [3.63, 3.8) is 0 Å². The Morgan fingerprint density at radius 2 is 1.79 bits per heavy atom. The van der Waals surface area contributed by atoms with E-state index < -0.39 is 0 Å². The molecule has 1 saturated heterocycles. The van der Waals surface area contributed by atoms with Crippen molar-refractivity contribution in [1.29, 1.82) is 0 Å². The lowest BCUT2D eigenvalue weighted by atomic mass is 10.3. The highest BCUT2D eigenvalue weighted by Crippen LogP contribution is 2.14. The van der Waals surface area contributed by atoms with Gasteiger partial charge in [0.15, 0.2) is 0 Å². The third-order valence-electron chi connectivity index (χ3n) is 2.99. The number of aromatic nitrogens is 6.